The molecule has 1 heterocycles. The van der Waals surface area contributed by atoms with Crippen molar-refractivity contribution in [2.75, 3.05) is 39.8 Å². The van der Waals surface area contributed by atoms with Gasteiger partial charge in [0.25, 0.3) is 0 Å². The monoisotopic (exact) mass is 1060 g/mol. The van der Waals surface area contributed by atoms with Crippen LogP contribution in [0.5, 0.6) is 5.75 Å². The summed E-state index contributed by atoms with van der Waals surface area (Å²) in [5.74, 6) is -7.63. The number of hydrogen-bond donors (Lipinski definition) is 11. The van der Waals surface area contributed by atoms with Crippen LogP contribution in [0.4, 0.5) is 0 Å². The minimum Gasteiger partial charge on any atom is -0.508 e. The highest BCUT2D eigenvalue weighted by atomic mass is 16.3. The topological polar surface area (TPSA) is 358 Å². The number of amides is 10. The van der Waals surface area contributed by atoms with Crippen LogP contribution in [0.3, 0.4) is 0 Å². The molecule has 13 N–H and O–H groups in total. The Kier molecular flexibility index (Phi) is 27.6. The van der Waals surface area contributed by atoms with E-state index in [1.165, 1.54) is 31.0 Å². The van der Waals surface area contributed by atoms with E-state index in [0.29, 0.717) is 57.2 Å². The van der Waals surface area contributed by atoms with Crippen molar-refractivity contribution in [3.05, 3.63) is 29.8 Å². The molecule has 9 atom stereocenters. The molecule has 1 aliphatic rings. The first-order valence-corrected chi connectivity index (χ1v) is 26.1. The van der Waals surface area contributed by atoms with Gasteiger partial charge in [0.05, 0.1) is 13.1 Å². The van der Waals surface area contributed by atoms with Gasteiger partial charge in [-0.05, 0) is 74.5 Å². The Morgan fingerprint density at radius 3 is 1.79 bits per heavy atom. The zero-order chi connectivity index (χ0) is 56.5. The molecular formula is C51H85N13O11. The molecule has 420 valence electrons. The summed E-state index contributed by atoms with van der Waals surface area (Å²) in [7, 11) is 1.43. The first-order valence-electron chi connectivity index (χ1n) is 26.1. The number of guanidine groups is 1. The van der Waals surface area contributed by atoms with Crippen LogP contribution < -0.4 is 54.0 Å². The quantitative estimate of drug-likeness (QED) is 0.0246. The lowest BCUT2D eigenvalue weighted by Crippen LogP contribution is -2.62. The van der Waals surface area contributed by atoms with E-state index in [1.54, 1.807) is 60.6 Å². The van der Waals surface area contributed by atoms with Gasteiger partial charge in [-0.25, -0.2) is 0 Å². The van der Waals surface area contributed by atoms with Crippen molar-refractivity contribution in [2.24, 2.45) is 34.2 Å². The van der Waals surface area contributed by atoms with Gasteiger partial charge < -0.3 is 68.9 Å². The predicted octanol–water partition coefficient (Wildman–Crippen LogP) is -0.833. The summed E-state index contributed by atoms with van der Waals surface area (Å²) in [5.41, 5.74) is 11.6. The molecule has 24 heteroatoms. The molecule has 0 saturated carbocycles. The van der Waals surface area contributed by atoms with Crippen LogP contribution in [0.2, 0.25) is 0 Å². The number of likely N-dealkylation sites (tertiary alicyclic amines) is 1. The average molecular weight is 1060 g/mol. The molecule has 24 nitrogen and oxygen atoms in total. The smallest absolute Gasteiger partial charge is 0.245 e. The molecule has 0 aliphatic carbocycles. The Balaban J connectivity index is 2.42. The van der Waals surface area contributed by atoms with E-state index < -0.39 is 114 Å². The number of likely N-dealkylation sites (N-methyl/N-ethyl adjacent to an activating group) is 2. The number of phenols is 1. The maximum atomic E-state index is 14.5. The van der Waals surface area contributed by atoms with Crippen molar-refractivity contribution >= 4 is 65.0 Å². The normalized spacial score (nSPS) is 16.3. The van der Waals surface area contributed by atoms with Gasteiger partial charge in [-0.15, -0.1) is 0 Å². The van der Waals surface area contributed by atoms with Gasteiger partial charge in [0.2, 0.25) is 59.1 Å². The van der Waals surface area contributed by atoms with Gasteiger partial charge in [0.1, 0.15) is 48.0 Å². The van der Waals surface area contributed by atoms with Gasteiger partial charge >= 0.3 is 0 Å². The molecule has 1 aromatic rings. The molecule has 1 aliphatic heterocycles. The Hall–Kier alpha value is -7.01. The lowest BCUT2D eigenvalue weighted by Gasteiger charge is -2.32. The molecule has 10 amide bonds. The minimum atomic E-state index is -1.35. The Morgan fingerprint density at radius 1 is 0.707 bits per heavy atom. The van der Waals surface area contributed by atoms with Gasteiger partial charge in [-0.3, -0.25) is 52.9 Å². The summed E-state index contributed by atoms with van der Waals surface area (Å²) in [6.45, 7) is 15.4. The van der Waals surface area contributed by atoms with Gasteiger partial charge in [-0.1, -0.05) is 79.9 Å². The highest BCUT2D eigenvalue weighted by Gasteiger charge is 2.40. The lowest BCUT2D eigenvalue weighted by molar-refractivity contribution is -0.142. The molecule has 0 unspecified atom stereocenters. The van der Waals surface area contributed by atoms with E-state index in [0.717, 1.165) is 4.90 Å². The fraction of sp³-hybridized carbons (Fsp3) is 0.667. The maximum Gasteiger partial charge on any atom is 0.245 e. The van der Waals surface area contributed by atoms with Crippen molar-refractivity contribution in [3.8, 4) is 5.75 Å². The molecule has 0 radical (unpaired) electrons. The molecule has 0 aromatic heterocycles. The van der Waals surface area contributed by atoms with E-state index in [4.69, 9.17) is 11.5 Å². The summed E-state index contributed by atoms with van der Waals surface area (Å²) in [6, 6.07) is -2.03. The van der Waals surface area contributed by atoms with Crippen molar-refractivity contribution in [2.45, 2.75) is 162 Å². The number of rotatable bonds is 31. The number of benzene rings is 1. The molecular weight excluding hydrogens is 971 g/mol. The number of aliphatic imine (C=N–C) groups is 1. The molecule has 1 fully saturated rings. The largest absolute Gasteiger partial charge is 0.508 e. The number of carbonyl (C=O) groups excluding carboxylic acids is 10. The second-order valence-corrected chi connectivity index (χ2v) is 19.6. The van der Waals surface area contributed by atoms with Gasteiger partial charge in [-0.2, -0.15) is 0 Å². The van der Waals surface area contributed by atoms with Gasteiger partial charge in [0.15, 0.2) is 5.96 Å². The average Bonchev–Trinajstić information content (AvgIpc) is 3.86. The Labute approximate surface area is 441 Å². The fourth-order valence-corrected chi connectivity index (χ4v) is 8.21. The van der Waals surface area contributed by atoms with Crippen LogP contribution in [0.25, 0.3) is 0 Å². The second kappa shape index (κ2) is 32.3. The molecule has 1 aromatic carbocycles. The van der Waals surface area contributed by atoms with Crippen LogP contribution in [0.15, 0.2) is 29.3 Å². The fourth-order valence-electron chi connectivity index (χ4n) is 8.21. The third-order valence-corrected chi connectivity index (χ3v) is 13.2. The number of nitrogens with two attached hydrogens (primary N) is 2. The summed E-state index contributed by atoms with van der Waals surface area (Å²) < 4.78 is 0. The Morgan fingerprint density at radius 2 is 1.25 bits per heavy atom. The number of hydrogen-bond acceptors (Lipinski definition) is 12. The number of phenolic OH excluding ortho intramolecular Hbond substituents is 1. The van der Waals surface area contributed by atoms with E-state index in [2.05, 4.69) is 47.5 Å². The van der Waals surface area contributed by atoms with Crippen LogP contribution in [-0.4, -0.2) is 162 Å². The summed E-state index contributed by atoms with van der Waals surface area (Å²) in [5, 5.41) is 31.7. The number of carbonyl (C=O) groups is 10. The van der Waals surface area contributed by atoms with Crippen molar-refractivity contribution < 1.29 is 53.1 Å². The number of nitrogens with one attached hydrogen (secondary N) is 8. The molecule has 0 spiro atoms. The summed E-state index contributed by atoms with van der Waals surface area (Å²) >= 11 is 0. The summed E-state index contributed by atoms with van der Waals surface area (Å²) in [6.07, 6.45) is 2.68. The minimum absolute atomic E-state index is 0.0427. The van der Waals surface area contributed by atoms with E-state index in [-0.39, 0.29) is 55.9 Å². The second-order valence-electron chi connectivity index (χ2n) is 19.6. The lowest BCUT2D eigenvalue weighted by atomic mass is 9.95. The predicted molar refractivity (Wildman–Crippen MR) is 282 cm³/mol. The van der Waals surface area contributed by atoms with E-state index >= 15 is 0 Å². The van der Waals surface area contributed by atoms with Crippen LogP contribution in [0.1, 0.15) is 119 Å². The highest BCUT2D eigenvalue weighted by molar-refractivity contribution is 5.98. The van der Waals surface area contributed by atoms with E-state index in [1.807, 2.05) is 6.92 Å². The van der Waals surface area contributed by atoms with Crippen LogP contribution in [0, 0.1) is 17.8 Å². The molecule has 1 saturated heterocycles. The van der Waals surface area contributed by atoms with Crippen LogP contribution in [-0.2, 0) is 54.4 Å². The molecule has 2 rings (SSSR count). The highest BCUT2D eigenvalue weighted by Crippen LogP contribution is 2.21. The zero-order valence-electron chi connectivity index (χ0n) is 45.5. The molecule has 0 bridgehead atoms. The number of aromatic hydroxyl groups is 1. The third-order valence-electron chi connectivity index (χ3n) is 13.2. The first-order chi connectivity index (χ1) is 35.4. The molecule has 75 heavy (non-hydrogen) atoms. The van der Waals surface area contributed by atoms with Gasteiger partial charge in [0, 0.05) is 40.0 Å². The van der Waals surface area contributed by atoms with Crippen LogP contribution >= 0.6 is 0 Å². The SMILES string of the molecule is CCC[C@H](NC(=O)[C@H](Cc1ccc(O)cc1)NC(=O)[C@H](NC(=O)[C@@H](NC(=O)CNC(=O)CN(C)C(C)=O)C(C)C)[C@@H](C)CC)C(=O)N[C@H](C(=O)N[C@@H](CCCN=C(N)N)C(=O)N1CCC[C@H]1C(=O)NCC)[C@@H](C)CC. The van der Waals surface area contributed by atoms with E-state index in [9.17, 15) is 53.1 Å². The van der Waals surface area contributed by atoms with Crippen molar-refractivity contribution in [1.82, 2.24) is 52.3 Å². The number of nitrogens with zero attached hydrogens (tertiary/aromatic N) is 3. The van der Waals surface area contributed by atoms with Crippen molar-refractivity contribution in [3.63, 3.8) is 0 Å². The zero-order valence-corrected chi connectivity index (χ0v) is 45.5. The van der Waals surface area contributed by atoms with Crippen molar-refractivity contribution in [1.29, 1.82) is 0 Å². The Bertz CT molecular complexity index is 2140. The standard InChI is InChI=1S/C51H85N13O11/c1-11-17-35(44(69)61-42(30(7)12-2)48(73)58-36(18-15-24-55-51(52)53)50(75)64-25-16-19-38(64)46(71)54-14-4)57-45(70)37(26-33-20-22-34(66)23-21-33)59-49(74)43(31(8)13-3)62-47(72)41(29(5)6)60-39(67)27-56-40(68)28-63(10)32(9)65/h20-23,29-31,35-38,41-43,66H,11-19,24-28H2,1-10H3,(H,54,71)(H,56,68)(H,57,70)(H,58,73)(H,59,74)(H,60,67)(H,61,69)(H,62,72)(H4,52,53,55)/t30-,31-,35-,36-,37-,38-,41-,42-,43+/m0/s1. The first kappa shape index (κ1) is 64.1. The maximum absolute atomic E-state index is 14.5. The third kappa shape index (κ3) is 21.4. The summed E-state index contributed by atoms with van der Waals surface area (Å²) in [4.78, 5) is 142.